The highest BCUT2D eigenvalue weighted by molar-refractivity contribution is 5.97. The first-order chi connectivity index (χ1) is 4.57. The van der Waals surface area contributed by atoms with E-state index in [4.69, 9.17) is 11.5 Å². The minimum absolute atomic E-state index is 0.313. The summed E-state index contributed by atoms with van der Waals surface area (Å²) in [6.07, 6.45) is 0.822. The Kier molecular flexibility index (Phi) is 2.96. The lowest BCUT2D eigenvalue weighted by atomic mass is 10.4. The number of rotatable bonds is 2. The minimum Gasteiger partial charge on any atom is -0.466 e. The Bertz CT molecular complexity index is 185. The summed E-state index contributed by atoms with van der Waals surface area (Å²) in [6, 6.07) is 0. The number of hydrogen-bond acceptors (Lipinski definition) is 4. The summed E-state index contributed by atoms with van der Waals surface area (Å²) in [5, 5.41) is 0. The van der Waals surface area contributed by atoms with Crippen LogP contribution in [0.1, 0.15) is 0 Å². The zero-order valence-corrected chi connectivity index (χ0v) is 5.46. The van der Waals surface area contributed by atoms with Gasteiger partial charge < -0.3 is 16.2 Å². The molecule has 0 aromatic heterocycles. The Morgan fingerprint density at radius 1 is 1.40 bits per heavy atom. The molecule has 56 valence electrons. The fourth-order valence-electron chi connectivity index (χ4n) is 0.257. The molecule has 0 rings (SSSR count). The zero-order valence-electron chi connectivity index (χ0n) is 5.46. The molecule has 5 nitrogen and oxygen atoms in total. The van der Waals surface area contributed by atoms with Crippen molar-refractivity contribution >= 4 is 11.9 Å². The van der Waals surface area contributed by atoms with Crippen LogP contribution < -0.4 is 11.5 Å². The molecule has 0 saturated carbocycles. The Morgan fingerprint density at radius 2 is 1.90 bits per heavy atom. The minimum atomic E-state index is -0.842. The normalized spacial score (nSPS) is 10.7. The number of hydrogen-bond donors (Lipinski definition) is 2. The quantitative estimate of drug-likeness (QED) is 0.363. The Labute approximate surface area is 57.6 Å². The largest absolute Gasteiger partial charge is 0.466 e. The molecule has 0 bridgehead atoms. The van der Waals surface area contributed by atoms with Crippen molar-refractivity contribution in [2.75, 3.05) is 7.11 Å². The Hall–Kier alpha value is -1.52. The highest BCUT2D eigenvalue weighted by Gasteiger charge is 2.01. The molecule has 0 spiro atoms. The highest BCUT2D eigenvalue weighted by atomic mass is 16.5. The van der Waals surface area contributed by atoms with E-state index in [1.165, 1.54) is 7.11 Å². The van der Waals surface area contributed by atoms with E-state index in [2.05, 4.69) is 4.74 Å². The second-order valence-corrected chi connectivity index (χ2v) is 1.49. The smallest absolute Gasteiger partial charge is 0.332 e. The first kappa shape index (κ1) is 8.48. The number of methoxy groups -OCH3 is 1. The number of primary amides is 1. The Balaban J connectivity index is 4.16. The van der Waals surface area contributed by atoms with Crippen LogP contribution in [0, 0.1) is 0 Å². The molecule has 0 unspecified atom stereocenters. The molecule has 0 aliphatic carbocycles. The molecular formula is C5H8N2O3. The van der Waals surface area contributed by atoms with E-state index < -0.39 is 11.9 Å². The van der Waals surface area contributed by atoms with Gasteiger partial charge in [0, 0.05) is 0 Å². The number of carbonyl (C=O) groups excluding carboxylic acids is 2. The summed E-state index contributed by atoms with van der Waals surface area (Å²) in [4.78, 5) is 20.5. The molecule has 10 heavy (non-hydrogen) atoms. The van der Waals surface area contributed by atoms with Crippen LogP contribution in [0.5, 0.6) is 0 Å². The molecule has 4 N–H and O–H groups in total. The molecule has 0 aliphatic rings. The van der Waals surface area contributed by atoms with Crippen LogP contribution in [0.2, 0.25) is 0 Å². The van der Waals surface area contributed by atoms with E-state index in [1.54, 1.807) is 0 Å². The molecule has 0 atom stereocenters. The van der Waals surface area contributed by atoms with E-state index in [9.17, 15) is 9.59 Å². The average Bonchev–Trinajstić information content (AvgIpc) is 1.87. The molecule has 0 aliphatic heterocycles. The maximum absolute atomic E-state index is 10.3. The fraction of sp³-hybridized carbons (Fsp3) is 0.200. The Morgan fingerprint density at radius 3 is 2.20 bits per heavy atom. The van der Waals surface area contributed by atoms with Crippen molar-refractivity contribution in [3.05, 3.63) is 11.8 Å². The number of carbonyl (C=O) groups is 2. The number of ether oxygens (including phenoxy) is 1. The van der Waals surface area contributed by atoms with Gasteiger partial charge in [-0.2, -0.15) is 0 Å². The molecule has 0 radical (unpaired) electrons. The van der Waals surface area contributed by atoms with Crippen molar-refractivity contribution < 1.29 is 14.3 Å². The summed E-state index contributed by atoms with van der Waals surface area (Å²) in [5.74, 6) is -1.54. The summed E-state index contributed by atoms with van der Waals surface area (Å²) < 4.78 is 4.17. The lowest BCUT2D eigenvalue weighted by Gasteiger charge is -1.92. The van der Waals surface area contributed by atoms with Gasteiger partial charge in [-0.15, -0.1) is 0 Å². The second kappa shape index (κ2) is 3.49. The van der Waals surface area contributed by atoms with E-state index in [1.807, 2.05) is 0 Å². The molecule has 0 aromatic carbocycles. The van der Waals surface area contributed by atoms with Gasteiger partial charge in [0.25, 0.3) is 5.91 Å². The van der Waals surface area contributed by atoms with Gasteiger partial charge in [0.05, 0.1) is 13.2 Å². The van der Waals surface area contributed by atoms with Crippen LogP contribution in [0.15, 0.2) is 11.8 Å². The van der Waals surface area contributed by atoms with Crippen LogP contribution in [0.3, 0.4) is 0 Å². The first-order valence-electron chi connectivity index (χ1n) is 2.43. The molecule has 5 heteroatoms. The van der Waals surface area contributed by atoms with Gasteiger partial charge in [-0.25, -0.2) is 4.79 Å². The predicted molar refractivity (Wildman–Crippen MR) is 33.5 cm³/mol. The highest BCUT2D eigenvalue weighted by Crippen LogP contribution is 1.82. The van der Waals surface area contributed by atoms with Crippen LogP contribution in [0.4, 0.5) is 0 Å². The molecule has 0 saturated heterocycles. The van der Waals surface area contributed by atoms with Crippen molar-refractivity contribution in [1.29, 1.82) is 0 Å². The standard InChI is InChI=1S/C5H8N2O3/c1-10-4(8)2-3(6)5(7)9/h2H,6H2,1H3,(H2,7,9). The SMILES string of the molecule is COC(=O)C=C(N)C(N)=O. The molecule has 0 aromatic rings. The van der Waals surface area contributed by atoms with E-state index in [-0.39, 0.29) is 5.70 Å². The van der Waals surface area contributed by atoms with Crippen LogP contribution in [0.25, 0.3) is 0 Å². The van der Waals surface area contributed by atoms with Gasteiger partial charge in [-0.3, -0.25) is 4.79 Å². The monoisotopic (exact) mass is 144 g/mol. The van der Waals surface area contributed by atoms with Crippen molar-refractivity contribution in [2.24, 2.45) is 11.5 Å². The third-order valence-corrected chi connectivity index (χ3v) is 0.759. The number of esters is 1. The summed E-state index contributed by atoms with van der Waals surface area (Å²) >= 11 is 0. The number of amides is 1. The molecule has 0 fully saturated rings. The molecule has 0 heterocycles. The van der Waals surface area contributed by atoms with Crippen LogP contribution in [-0.2, 0) is 14.3 Å². The summed E-state index contributed by atoms with van der Waals surface area (Å²) in [7, 11) is 1.17. The van der Waals surface area contributed by atoms with Crippen LogP contribution >= 0.6 is 0 Å². The van der Waals surface area contributed by atoms with Gasteiger partial charge in [-0.1, -0.05) is 0 Å². The third kappa shape index (κ3) is 2.71. The zero-order chi connectivity index (χ0) is 8.15. The van der Waals surface area contributed by atoms with Crippen molar-refractivity contribution in [3.8, 4) is 0 Å². The first-order valence-corrected chi connectivity index (χ1v) is 2.43. The number of nitrogens with two attached hydrogens (primary N) is 2. The third-order valence-electron chi connectivity index (χ3n) is 0.759. The summed E-state index contributed by atoms with van der Waals surface area (Å²) in [6.45, 7) is 0. The topological polar surface area (TPSA) is 95.4 Å². The summed E-state index contributed by atoms with van der Waals surface area (Å²) in [5.41, 5.74) is 9.36. The fourth-order valence-corrected chi connectivity index (χ4v) is 0.257. The van der Waals surface area contributed by atoms with E-state index >= 15 is 0 Å². The second-order valence-electron chi connectivity index (χ2n) is 1.49. The lowest BCUT2D eigenvalue weighted by Crippen LogP contribution is -2.21. The van der Waals surface area contributed by atoms with Crippen molar-refractivity contribution in [1.82, 2.24) is 0 Å². The van der Waals surface area contributed by atoms with E-state index in [0.29, 0.717) is 0 Å². The van der Waals surface area contributed by atoms with Gasteiger partial charge in [-0.05, 0) is 0 Å². The molecule has 1 amide bonds. The van der Waals surface area contributed by atoms with Crippen molar-refractivity contribution in [2.45, 2.75) is 0 Å². The van der Waals surface area contributed by atoms with Gasteiger partial charge in [0.2, 0.25) is 0 Å². The maximum atomic E-state index is 10.3. The lowest BCUT2D eigenvalue weighted by molar-refractivity contribution is -0.135. The van der Waals surface area contributed by atoms with Gasteiger partial charge in [0.15, 0.2) is 0 Å². The van der Waals surface area contributed by atoms with Gasteiger partial charge >= 0.3 is 5.97 Å². The van der Waals surface area contributed by atoms with Gasteiger partial charge in [0.1, 0.15) is 5.70 Å². The average molecular weight is 144 g/mol. The van der Waals surface area contributed by atoms with Crippen LogP contribution in [-0.4, -0.2) is 19.0 Å². The van der Waals surface area contributed by atoms with Crippen molar-refractivity contribution in [3.63, 3.8) is 0 Å². The van der Waals surface area contributed by atoms with E-state index in [0.717, 1.165) is 6.08 Å². The maximum Gasteiger partial charge on any atom is 0.332 e. The predicted octanol–water partition coefficient (Wildman–Crippen LogP) is -1.51. The molecular weight excluding hydrogens is 136 g/mol.